The van der Waals surface area contributed by atoms with Crippen LogP contribution in [0.25, 0.3) is 0 Å². The van der Waals surface area contributed by atoms with Gasteiger partial charge < -0.3 is 10.5 Å². The average Bonchev–Trinajstić information content (AvgIpc) is 2.82. The number of nitrogen functional groups attached to an aromatic ring is 1. The van der Waals surface area contributed by atoms with E-state index < -0.39 is 21.3 Å². The van der Waals surface area contributed by atoms with E-state index in [9.17, 15) is 4.79 Å². The number of hydrogen-bond acceptors (Lipinski definition) is 3. The van der Waals surface area contributed by atoms with Gasteiger partial charge in [0.05, 0.1) is 0 Å². The zero-order chi connectivity index (χ0) is 14.5. The summed E-state index contributed by atoms with van der Waals surface area (Å²) in [5.74, 6) is -0.394. The van der Waals surface area contributed by atoms with Gasteiger partial charge in [-0.25, -0.2) is 0 Å². The molecule has 5 heteroatoms. The molecule has 19 heavy (non-hydrogen) atoms. The average molecular weight is 302 g/mol. The van der Waals surface area contributed by atoms with Crippen LogP contribution in [0, 0.1) is 0 Å². The normalized spacial score (nSPS) is 24.9. The first-order valence-corrected chi connectivity index (χ1v) is 6.81. The molecule has 104 valence electrons. The Morgan fingerprint density at radius 3 is 2.11 bits per heavy atom. The number of hydrogen-bond donors (Lipinski definition) is 1. The van der Waals surface area contributed by atoms with Crippen LogP contribution in [0.5, 0.6) is 0 Å². The number of ether oxygens (including phenoxy) is 1. The van der Waals surface area contributed by atoms with Gasteiger partial charge in [-0.15, -0.1) is 0 Å². The molecule has 0 aromatic heterocycles. The van der Waals surface area contributed by atoms with Crippen LogP contribution < -0.4 is 5.73 Å². The maximum atomic E-state index is 12.4. The highest BCUT2D eigenvalue weighted by molar-refractivity contribution is 6.54. The smallest absolute Gasteiger partial charge is 0.320 e. The van der Waals surface area contributed by atoms with Crippen LogP contribution in [0.15, 0.2) is 24.3 Å². The zero-order valence-electron chi connectivity index (χ0n) is 11.2. The SMILES string of the molecule is CC(C)(C)OC(=O)C1(c2ccc(N)cc2)CC1(Cl)Cl. The molecule has 1 aliphatic rings. The van der Waals surface area contributed by atoms with Crippen molar-refractivity contribution < 1.29 is 9.53 Å². The summed E-state index contributed by atoms with van der Waals surface area (Å²) >= 11 is 12.4. The molecule has 0 spiro atoms. The Hall–Kier alpha value is -0.930. The summed E-state index contributed by atoms with van der Waals surface area (Å²) in [6.07, 6.45) is 0.349. The first-order valence-electron chi connectivity index (χ1n) is 6.06. The molecule has 0 heterocycles. The Morgan fingerprint density at radius 1 is 1.26 bits per heavy atom. The van der Waals surface area contributed by atoms with Gasteiger partial charge in [0.25, 0.3) is 0 Å². The Bertz CT molecular complexity index is 505. The van der Waals surface area contributed by atoms with E-state index in [2.05, 4.69) is 0 Å². The molecular weight excluding hydrogens is 285 g/mol. The first-order chi connectivity index (χ1) is 8.58. The van der Waals surface area contributed by atoms with E-state index in [0.717, 1.165) is 5.56 Å². The van der Waals surface area contributed by atoms with Gasteiger partial charge in [-0.3, -0.25) is 4.79 Å². The molecule has 0 bridgehead atoms. The maximum Gasteiger partial charge on any atom is 0.320 e. The van der Waals surface area contributed by atoms with Gasteiger partial charge in [-0.1, -0.05) is 35.3 Å². The molecule has 0 saturated heterocycles. The van der Waals surface area contributed by atoms with E-state index in [1.54, 1.807) is 24.3 Å². The number of esters is 1. The minimum Gasteiger partial charge on any atom is -0.459 e. The summed E-state index contributed by atoms with van der Waals surface area (Å²) in [4.78, 5) is 12.4. The molecule has 0 aliphatic heterocycles. The van der Waals surface area contributed by atoms with E-state index in [-0.39, 0.29) is 0 Å². The molecular formula is C14H17Cl2NO2. The van der Waals surface area contributed by atoms with Gasteiger partial charge in [-0.2, -0.15) is 0 Å². The fourth-order valence-electron chi connectivity index (χ4n) is 2.07. The number of benzene rings is 1. The van der Waals surface area contributed by atoms with Crippen molar-refractivity contribution in [2.24, 2.45) is 0 Å². The summed E-state index contributed by atoms with van der Waals surface area (Å²) < 4.78 is 4.33. The van der Waals surface area contributed by atoms with Crippen LogP contribution in [0.4, 0.5) is 5.69 Å². The van der Waals surface area contributed by atoms with E-state index in [4.69, 9.17) is 33.7 Å². The molecule has 1 aromatic rings. The Morgan fingerprint density at radius 2 is 1.74 bits per heavy atom. The Labute approximate surface area is 123 Å². The van der Waals surface area contributed by atoms with Gasteiger partial charge >= 0.3 is 5.97 Å². The van der Waals surface area contributed by atoms with Crippen molar-refractivity contribution >= 4 is 34.9 Å². The third kappa shape index (κ3) is 2.54. The highest BCUT2D eigenvalue weighted by Crippen LogP contribution is 2.65. The van der Waals surface area contributed by atoms with Crippen molar-refractivity contribution in [3.8, 4) is 0 Å². The molecule has 1 unspecified atom stereocenters. The van der Waals surface area contributed by atoms with Crippen molar-refractivity contribution in [1.82, 2.24) is 0 Å². The number of alkyl halides is 2. The third-order valence-electron chi connectivity index (χ3n) is 3.14. The molecule has 1 saturated carbocycles. The second-order valence-electron chi connectivity index (χ2n) is 5.91. The number of rotatable bonds is 2. The van der Waals surface area contributed by atoms with Crippen molar-refractivity contribution in [2.45, 2.75) is 42.5 Å². The van der Waals surface area contributed by atoms with Crippen molar-refractivity contribution in [2.75, 3.05) is 5.73 Å². The lowest BCUT2D eigenvalue weighted by molar-refractivity contribution is -0.158. The predicted molar refractivity (Wildman–Crippen MR) is 77.4 cm³/mol. The molecule has 1 aliphatic carbocycles. The monoisotopic (exact) mass is 301 g/mol. The third-order valence-corrected chi connectivity index (χ3v) is 4.05. The zero-order valence-corrected chi connectivity index (χ0v) is 12.7. The number of carbonyl (C=O) groups excluding carboxylic acids is 1. The van der Waals surface area contributed by atoms with Gasteiger partial charge in [0, 0.05) is 12.1 Å². The van der Waals surface area contributed by atoms with Gasteiger partial charge in [0.2, 0.25) is 0 Å². The summed E-state index contributed by atoms with van der Waals surface area (Å²) in [6, 6.07) is 6.99. The van der Waals surface area contributed by atoms with E-state index in [1.165, 1.54) is 0 Å². The summed E-state index contributed by atoms with van der Waals surface area (Å²) in [6.45, 7) is 5.44. The predicted octanol–water partition coefficient (Wildman–Crippen LogP) is 3.43. The highest BCUT2D eigenvalue weighted by atomic mass is 35.5. The lowest BCUT2D eigenvalue weighted by Gasteiger charge is -2.25. The fourth-order valence-corrected chi connectivity index (χ4v) is 2.85. The topological polar surface area (TPSA) is 52.3 Å². The van der Waals surface area contributed by atoms with Crippen LogP contribution in [-0.2, 0) is 14.9 Å². The summed E-state index contributed by atoms with van der Waals surface area (Å²) in [5.41, 5.74) is 5.45. The minimum atomic E-state index is -1.12. The van der Waals surface area contributed by atoms with Crippen molar-refractivity contribution in [1.29, 1.82) is 0 Å². The molecule has 2 rings (SSSR count). The first kappa shape index (κ1) is 14.5. The number of nitrogens with two attached hydrogens (primary N) is 1. The molecule has 2 N–H and O–H groups in total. The van der Waals surface area contributed by atoms with Crippen LogP contribution in [0.2, 0.25) is 0 Å². The lowest BCUT2D eigenvalue weighted by Crippen LogP contribution is -2.35. The molecule has 0 amide bonds. The number of halogens is 2. The second kappa shape index (κ2) is 4.29. The molecule has 1 aromatic carbocycles. The molecule has 1 fully saturated rings. The van der Waals surface area contributed by atoms with Gasteiger partial charge in [0.15, 0.2) is 0 Å². The van der Waals surface area contributed by atoms with Crippen molar-refractivity contribution in [3.63, 3.8) is 0 Å². The highest BCUT2D eigenvalue weighted by Gasteiger charge is 2.73. The van der Waals surface area contributed by atoms with Crippen LogP contribution in [0.1, 0.15) is 32.8 Å². The Balaban J connectivity index is 2.36. The van der Waals surface area contributed by atoms with Crippen LogP contribution in [0.3, 0.4) is 0 Å². The van der Waals surface area contributed by atoms with Gasteiger partial charge in [-0.05, 0) is 38.5 Å². The number of anilines is 1. The van der Waals surface area contributed by atoms with E-state index in [0.29, 0.717) is 12.1 Å². The lowest BCUT2D eigenvalue weighted by atomic mass is 9.95. The Kier molecular flexibility index (Phi) is 3.27. The minimum absolute atomic E-state index is 0.349. The quantitative estimate of drug-likeness (QED) is 0.517. The fraction of sp³-hybridized carbons (Fsp3) is 0.500. The molecule has 1 atom stereocenters. The summed E-state index contributed by atoms with van der Waals surface area (Å²) in [5, 5.41) is 0. The van der Waals surface area contributed by atoms with Gasteiger partial charge in [0.1, 0.15) is 15.3 Å². The van der Waals surface area contributed by atoms with Crippen molar-refractivity contribution in [3.05, 3.63) is 29.8 Å². The second-order valence-corrected chi connectivity index (χ2v) is 7.39. The number of carbonyl (C=O) groups is 1. The van der Waals surface area contributed by atoms with Crippen LogP contribution in [-0.4, -0.2) is 15.9 Å². The molecule has 3 nitrogen and oxygen atoms in total. The standard InChI is InChI=1S/C14H17Cl2NO2/c1-12(2,3)19-11(18)13(8-14(13,15)16)9-4-6-10(17)7-5-9/h4-7H,8,17H2,1-3H3. The maximum absolute atomic E-state index is 12.4. The van der Waals surface area contributed by atoms with Crippen LogP contribution >= 0.6 is 23.2 Å². The molecule has 0 radical (unpaired) electrons. The largest absolute Gasteiger partial charge is 0.459 e. The van der Waals surface area contributed by atoms with E-state index in [1.807, 2.05) is 20.8 Å². The summed E-state index contributed by atoms with van der Waals surface area (Å²) in [7, 11) is 0. The van der Waals surface area contributed by atoms with E-state index >= 15 is 0 Å².